The van der Waals surface area contributed by atoms with Crippen molar-refractivity contribution in [2.45, 2.75) is 220 Å². The Bertz CT molecular complexity index is 1990. The molecule has 430 valence electrons. The maximum atomic E-state index is 12.1. The fraction of sp³-hybridized carbons (Fsp3) is 0.922. The zero-order chi connectivity index (χ0) is 54.2. The van der Waals surface area contributed by atoms with E-state index in [1.807, 2.05) is 6.92 Å². The third-order valence-electron chi connectivity index (χ3n) is 19.0. The molecule has 9 rings (SSSR count). The van der Waals surface area contributed by atoms with Crippen LogP contribution in [0.15, 0.2) is 23.0 Å². The molecule has 30 atom stereocenters. The molecule has 0 aromatic carbocycles. The number of aliphatic hydroxyl groups excluding tert-OH is 15. The number of rotatable bonds is 16. The van der Waals surface area contributed by atoms with Gasteiger partial charge in [0.2, 0.25) is 0 Å². The van der Waals surface area contributed by atoms with Crippen LogP contribution in [0.4, 0.5) is 0 Å². The van der Waals surface area contributed by atoms with Crippen LogP contribution < -0.4 is 0 Å². The number of fused-ring (bicyclic) bond motifs is 7. The van der Waals surface area contributed by atoms with E-state index in [2.05, 4.69) is 26.8 Å². The van der Waals surface area contributed by atoms with Crippen molar-refractivity contribution >= 4 is 0 Å². The van der Waals surface area contributed by atoms with Gasteiger partial charge in [-0.1, -0.05) is 32.4 Å². The zero-order valence-corrected chi connectivity index (χ0v) is 42.8. The van der Waals surface area contributed by atoms with Crippen molar-refractivity contribution in [1.29, 1.82) is 0 Å². The Morgan fingerprint density at radius 1 is 0.627 bits per heavy atom. The summed E-state index contributed by atoms with van der Waals surface area (Å²) in [6.45, 7) is 6.09. The van der Waals surface area contributed by atoms with E-state index in [1.165, 1.54) is 5.57 Å². The fourth-order valence-corrected chi connectivity index (χ4v) is 14.6. The Balaban J connectivity index is 0.860. The summed E-state index contributed by atoms with van der Waals surface area (Å²) in [4.78, 5) is 0. The summed E-state index contributed by atoms with van der Waals surface area (Å²) in [7, 11) is 0. The molecule has 0 aromatic rings. The number of hydrogen-bond acceptors (Lipinski definition) is 24. The van der Waals surface area contributed by atoms with Crippen LogP contribution in [0.1, 0.15) is 79.1 Å². The predicted octanol–water partition coefficient (Wildman–Crippen LogP) is -4.11. The Morgan fingerprint density at radius 3 is 1.71 bits per heavy atom. The minimum atomic E-state index is -1.95. The van der Waals surface area contributed by atoms with Crippen LogP contribution >= 0.6 is 0 Å². The molecule has 4 saturated heterocycles. The molecule has 4 aliphatic carbocycles. The molecule has 24 nitrogen and oxygen atoms in total. The molecule has 0 aromatic heterocycles. The SMILES string of the molecule is CC1=C(CCC(C)COC2OC(CO)C(O)C(O)C2O)OC2CC3C4CC=C5CC(OC6OC(CO)C(O)C(O)C6OC6OC(CO)C(O)C(O)C6OC6OC(CO)C(O)C(O)C6O)C(O)CC5(C)C4CCC3(C)C12. The summed E-state index contributed by atoms with van der Waals surface area (Å²) in [5.41, 5.74) is 1.93. The summed E-state index contributed by atoms with van der Waals surface area (Å²) >= 11 is 0. The van der Waals surface area contributed by atoms with E-state index in [0.717, 1.165) is 43.4 Å². The van der Waals surface area contributed by atoms with Crippen molar-refractivity contribution in [2.75, 3.05) is 33.0 Å². The molecular formula is C51H82O24. The van der Waals surface area contributed by atoms with Gasteiger partial charge in [0.1, 0.15) is 104 Å². The van der Waals surface area contributed by atoms with Gasteiger partial charge in [-0.25, -0.2) is 0 Å². The molecule has 5 aliphatic heterocycles. The largest absolute Gasteiger partial charge is 0.494 e. The highest BCUT2D eigenvalue weighted by molar-refractivity contribution is 5.30. The van der Waals surface area contributed by atoms with Crippen molar-refractivity contribution in [2.24, 2.45) is 40.4 Å². The van der Waals surface area contributed by atoms with E-state index in [1.54, 1.807) is 0 Å². The van der Waals surface area contributed by atoms with Gasteiger partial charge in [0.15, 0.2) is 25.2 Å². The second-order valence-corrected chi connectivity index (χ2v) is 23.4. The second-order valence-electron chi connectivity index (χ2n) is 23.4. The molecule has 5 heterocycles. The molecule has 15 N–H and O–H groups in total. The number of ether oxygens (including phenoxy) is 9. The standard InChI is InChI=1S/C51H82O24/c1-19(18-67-46-42(65)38(61)34(57)29(14-52)70-46)5-8-26-20(2)33-28(68-26)12-24-22-7-6-21-11-27(25(56)13-51(21,4)23(22)9-10-50(24,33)3)69-48-44(40(63)36(59)31(16-54)72-48)75-49-45(41(64)37(60)32(17-55)73-49)74-47-43(66)39(62)35(58)30(15-53)71-47/h6,19,22-25,27-49,52-66H,5,7-18H2,1-4H3. The van der Waals surface area contributed by atoms with Gasteiger partial charge in [-0.15, -0.1) is 0 Å². The molecule has 9 aliphatic rings. The lowest BCUT2D eigenvalue weighted by Gasteiger charge is -2.59. The first-order chi connectivity index (χ1) is 35.6. The smallest absolute Gasteiger partial charge is 0.187 e. The monoisotopic (exact) mass is 1080 g/mol. The van der Waals surface area contributed by atoms with Crippen LogP contribution in [0.5, 0.6) is 0 Å². The first-order valence-electron chi connectivity index (χ1n) is 26.8. The Hall–Kier alpha value is -1.64. The molecule has 0 amide bonds. The Kier molecular flexibility index (Phi) is 17.9. The van der Waals surface area contributed by atoms with Crippen LogP contribution in [-0.4, -0.2) is 251 Å². The molecular weight excluding hydrogens is 997 g/mol. The van der Waals surface area contributed by atoms with Crippen molar-refractivity contribution in [3.8, 4) is 0 Å². The zero-order valence-electron chi connectivity index (χ0n) is 42.8. The molecule has 30 unspecified atom stereocenters. The average molecular weight is 1080 g/mol. The summed E-state index contributed by atoms with van der Waals surface area (Å²) in [6, 6.07) is 0. The lowest BCUT2D eigenvalue weighted by Crippen LogP contribution is -2.67. The third-order valence-corrected chi connectivity index (χ3v) is 19.0. The van der Waals surface area contributed by atoms with Crippen LogP contribution in [-0.2, 0) is 42.6 Å². The van der Waals surface area contributed by atoms with Crippen LogP contribution in [0, 0.1) is 40.4 Å². The molecule has 24 heteroatoms. The maximum absolute atomic E-state index is 12.1. The lowest BCUT2D eigenvalue weighted by atomic mass is 9.47. The summed E-state index contributed by atoms with van der Waals surface area (Å²) in [5, 5.41) is 159. The quantitative estimate of drug-likeness (QED) is 0.0653. The minimum Gasteiger partial charge on any atom is -0.494 e. The van der Waals surface area contributed by atoms with E-state index >= 15 is 0 Å². The summed E-state index contributed by atoms with van der Waals surface area (Å²) in [5.74, 6) is 2.18. The Morgan fingerprint density at radius 2 is 1.13 bits per heavy atom. The number of hydrogen-bond donors (Lipinski definition) is 15. The van der Waals surface area contributed by atoms with E-state index < -0.39 is 167 Å². The van der Waals surface area contributed by atoms with Crippen LogP contribution in [0.2, 0.25) is 0 Å². The van der Waals surface area contributed by atoms with E-state index in [0.29, 0.717) is 24.7 Å². The van der Waals surface area contributed by atoms with Gasteiger partial charge < -0.3 is 119 Å². The molecule has 75 heavy (non-hydrogen) atoms. The van der Waals surface area contributed by atoms with Gasteiger partial charge in [-0.2, -0.15) is 0 Å². The van der Waals surface area contributed by atoms with E-state index in [-0.39, 0.29) is 42.3 Å². The Labute approximate surface area is 434 Å². The van der Waals surface area contributed by atoms with Gasteiger partial charge in [-0.05, 0) is 91.9 Å². The van der Waals surface area contributed by atoms with E-state index in [9.17, 15) is 76.6 Å². The maximum Gasteiger partial charge on any atom is 0.187 e. The fourth-order valence-electron chi connectivity index (χ4n) is 14.6. The normalized spacial score (nSPS) is 52.3. The van der Waals surface area contributed by atoms with Gasteiger partial charge in [0, 0.05) is 12.3 Å². The van der Waals surface area contributed by atoms with Crippen LogP contribution in [0.25, 0.3) is 0 Å². The van der Waals surface area contributed by atoms with Crippen molar-refractivity contribution in [3.63, 3.8) is 0 Å². The first kappa shape index (κ1) is 58.0. The lowest BCUT2D eigenvalue weighted by molar-refractivity contribution is -0.397. The van der Waals surface area contributed by atoms with Crippen molar-refractivity contribution < 1.29 is 119 Å². The second kappa shape index (κ2) is 23.1. The predicted molar refractivity (Wildman–Crippen MR) is 252 cm³/mol. The minimum absolute atomic E-state index is 0.0234. The highest BCUT2D eigenvalue weighted by Gasteiger charge is 2.65. The molecule has 3 saturated carbocycles. The van der Waals surface area contributed by atoms with Crippen molar-refractivity contribution in [1.82, 2.24) is 0 Å². The molecule has 0 bridgehead atoms. The highest BCUT2D eigenvalue weighted by atomic mass is 16.8. The average Bonchev–Trinajstić information content (AvgIpc) is 3.92. The summed E-state index contributed by atoms with van der Waals surface area (Å²) in [6.07, 6.45) is -26.9. The van der Waals surface area contributed by atoms with Gasteiger partial charge >= 0.3 is 0 Å². The number of allylic oxidation sites excluding steroid dienone is 2. The van der Waals surface area contributed by atoms with Crippen molar-refractivity contribution in [3.05, 3.63) is 23.0 Å². The number of aliphatic hydroxyl groups is 15. The highest BCUT2D eigenvalue weighted by Crippen LogP contribution is 2.69. The van der Waals surface area contributed by atoms with Gasteiger partial charge in [0.05, 0.1) is 51.0 Å². The first-order valence-corrected chi connectivity index (χ1v) is 26.8. The molecule has 0 radical (unpaired) electrons. The molecule has 7 fully saturated rings. The third kappa shape index (κ3) is 10.5. The topological polar surface area (TPSA) is 387 Å². The van der Waals surface area contributed by atoms with E-state index in [4.69, 9.17) is 42.6 Å². The van der Waals surface area contributed by atoms with Crippen LogP contribution in [0.3, 0.4) is 0 Å². The van der Waals surface area contributed by atoms with Gasteiger partial charge in [-0.3, -0.25) is 0 Å². The molecule has 0 spiro atoms. The summed E-state index contributed by atoms with van der Waals surface area (Å²) < 4.78 is 53.9. The van der Waals surface area contributed by atoms with Gasteiger partial charge in [0.25, 0.3) is 0 Å².